The van der Waals surface area contributed by atoms with Crippen LogP contribution in [-0.4, -0.2) is 0 Å². The summed E-state index contributed by atoms with van der Waals surface area (Å²) in [5.74, 6) is 0.874. The molecule has 0 saturated carbocycles. The number of benzene rings is 2. The van der Waals surface area contributed by atoms with Crippen LogP contribution in [0.2, 0.25) is 0 Å². The van der Waals surface area contributed by atoms with Crippen molar-refractivity contribution in [2.24, 2.45) is 5.92 Å². The van der Waals surface area contributed by atoms with Crippen molar-refractivity contribution in [3.8, 4) is 11.1 Å². The average Bonchev–Trinajstić information content (AvgIpc) is 2.95. The van der Waals surface area contributed by atoms with Crippen LogP contribution in [0.15, 0.2) is 42.5 Å². The van der Waals surface area contributed by atoms with Crippen LogP contribution in [0.25, 0.3) is 11.1 Å². The van der Waals surface area contributed by atoms with Gasteiger partial charge >= 0.3 is 0 Å². The zero-order valence-corrected chi connectivity index (χ0v) is 26.4. The molecule has 2 aromatic rings. The third-order valence-corrected chi connectivity index (χ3v) is 8.49. The van der Waals surface area contributed by atoms with Crippen LogP contribution in [0.4, 0.5) is 0 Å². The van der Waals surface area contributed by atoms with E-state index >= 15 is 0 Å². The summed E-state index contributed by atoms with van der Waals surface area (Å²) in [5, 5.41) is 0. The van der Waals surface area contributed by atoms with Gasteiger partial charge in [0.25, 0.3) is 0 Å². The molecule has 0 heteroatoms. The molecule has 219 valence electrons. The monoisotopic (exact) mass is 531 g/mol. The minimum atomic E-state index is 0.874. The Hall–Kier alpha value is -1.56. The highest BCUT2D eigenvalue weighted by molar-refractivity contribution is 5.71. The maximum Gasteiger partial charge on any atom is -0.0114 e. The second-order valence-electron chi connectivity index (χ2n) is 12.6. The summed E-state index contributed by atoms with van der Waals surface area (Å²) in [6.45, 7) is 6.99. The van der Waals surface area contributed by atoms with Gasteiger partial charge in [0.2, 0.25) is 0 Å². The molecule has 0 aliphatic carbocycles. The standard InChI is InChI=1S/C39H63/c1-4-5-6-7-8-9-13-16-19-23-29-37-33-27-34-38(39(37)36-31-25-21-26-32-36)30-24-20-17-14-11-10-12-15-18-22-28-35(2)3/h21,25-27,31-33,35H,4-20,22-24,28-30H2,1-3H3. The summed E-state index contributed by atoms with van der Waals surface area (Å²) in [5.41, 5.74) is 5.88. The zero-order chi connectivity index (χ0) is 27.8. The number of aryl methyl sites for hydroxylation is 2. The van der Waals surface area contributed by atoms with Crippen molar-refractivity contribution in [2.45, 2.75) is 168 Å². The fourth-order valence-electron chi connectivity index (χ4n) is 6.03. The minimum absolute atomic E-state index is 0.874. The first-order chi connectivity index (χ1) is 19.2. The van der Waals surface area contributed by atoms with Gasteiger partial charge in [-0.2, -0.15) is 0 Å². The van der Waals surface area contributed by atoms with E-state index in [1.165, 1.54) is 164 Å². The summed E-state index contributed by atoms with van der Waals surface area (Å²) >= 11 is 0. The summed E-state index contributed by atoms with van der Waals surface area (Å²) in [6.07, 6.45) is 31.9. The van der Waals surface area contributed by atoms with E-state index in [1.807, 2.05) is 0 Å². The summed E-state index contributed by atoms with van der Waals surface area (Å²) in [6, 6.07) is 19.3. The van der Waals surface area contributed by atoms with Crippen LogP contribution in [0.5, 0.6) is 0 Å². The Morgan fingerprint density at radius 2 is 1.03 bits per heavy atom. The van der Waals surface area contributed by atoms with Crippen LogP contribution in [0.3, 0.4) is 0 Å². The number of rotatable bonds is 25. The van der Waals surface area contributed by atoms with Crippen molar-refractivity contribution in [3.63, 3.8) is 0 Å². The molecular weight excluding hydrogens is 468 g/mol. The molecule has 0 heterocycles. The van der Waals surface area contributed by atoms with Crippen LogP contribution < -0.4 is 0 Å². The molecule has 2 rings (SSSR count). The van der Waals surface area contributed by atoms with Crippen molar-refractivity contribution < 1.29 is 0 Å². The molecule has 0 fully saturated rings. The van der Waals surface area contributed by atoms with Crippen LogP contribution in [0.1, 0.15) is 167 Å². The Balaban J connectivity index is 1.69. The molecule has 0 nitrogen and oxygen atoms in total. The SMILES string of the molecule is CCCCCCCCCCCCc1cc[c]c(CCCCCCCCCCCCC(C)C)c1-c1ccccc1. The molecule has 0 bridgehead atoms. The Morgan fingerprint density at radius 1 is 0.538 bits per heavy atom. The van der Waals surface area contributed by atoms with Gasteiger partial charge in [-0.25, -0.2) is 0 Å². The lowest BCUT2D eigenvalue weighted by molar-refractivity contribution is 0.505. The zero-order valence-electron chi connectivity index (χ0n) is 26.4. The molecule has 0 N–H and O–H groups in total. The molecule has 0 spiro atoms. The highest BCUT2D eigenvalue weighted by Gasteiger charge is 2.11. The molecule has 0 unspecified atom stereocenters. The van der Waals surface area contributed by atoms with E-state index in [-0.39, 0.29) is 0 Å². The molecule has 0 aromatic heterocycles. The topological polar surface area (TPSA) is 0 Å². The lowest BCUT2D eigenvalue weighted by Crippen LogP contribution is -1.98. The minimum Gasteiger partial charge on any atom is -0.0654 e. The fourth-order valence-corrected chi connectivity index (χ4v) is 6.03. The third-order valence-electron chi connectivity index (χ3n) is 8.49. The molecule has 0 amide bonds. The number of hydrogen-bond acceptors (Lipinski definition) is 0. The van der Waals surface area contributed by atoms with Gasteiger partial charge in [-0.15, -0.1) is 0 Å². The van der Waals surface area contributed by atoms with Gasteiger partial charge in [-0.05, 0) is 59.9 Å². The molecule has 0 aliphatic heterocycles. The second-order valence-corrected chi connectivity index (χ2v) is 12.6. The van der Waals surface area contributed by atoms with E-state index in [9.17, 15) is 0 Å². The predicted molar refractivity (Wildman–Crippen MR) is 176 cm³/mol. The van der Waals surface area contributed by atoms with E-state index in [0.717, 1.165) is 5.92 Å². The largest absolute Gasteiger partial charge is 0.0654 e. The Morgan fingerprint density at radius 3 is 1.56 bits per heavy atom. The van der Waals surface area contributed by atoms with Crippen molar-refractivity contribution in [3.05, 3.63) is 59.7 Å². The van der Waals surface area contributed by atoms with Crippen LogP contribution in [-0.2, 0) is 12.8 Å². The van der Waals surface area contributed by atoms with Gasteiger partial charge < -0.3 is 0 Å². The number of unbranched alkanes of at least 4 members (excludes halogenated alkanes) is 18. The van der Waals surface area contributed by atoms with Gasteiger partial charge in [-0.3, -0.25) is 0 Å². The second kappa shape index (κ2) is 23.2. The van der Waals surface area contributed by atoms with Crippen LogP contribution in [0, 0.1) is 12.0 Å². The predicted octanol–water partition coefficient (Wildman–Crippen LogP) is 13.1. The molecule has 0 atom stereocenters. The molecular formula is C39H63. The molecule has 0 saturated heterocycles. The van der Waals surface area contributed by atoms with Crippen molar-refractivity contribution >= 4 is 0 Å². The van der Waals surface area contributed by atoms with Gasteiger partial charge in [0.05, 0.1) is 0 Å². The van der Waals surface area contributed by atoms with Gasteiger partial charge in [0.1, 0.15) is 0 Å². The maximum atomic E-state index is 3.66. The van der Waals surface area contributed by atoms with Gasteiger partial charge in [0.15, 0.2) is 0 Å². The fraction of sp³-hybridized carbons (Fsp3) is 0.692. The van der Waals surface area contributed by atoms with E-state index in [1.54, 1.807) is 5.56 Å². The lowest BCUT2D eigenvalue weighted by Gasteiger charge is -2.15. The highest BCUT2D eigenvalue weighted by Crippen LogP contribution is 2.30. The Bertz CT molecular complexity index is 802. The highest BCUT2D eigenvalue weighted by atomic mass is 14.2. The van der Waals surface area contributed by atoms with E-state index < -0.39 is 0 Å². The first kappa shape index (κ1) is 33.6. The lowest BCUT2D eigenvalue weighted by atomic mass is 9.89. The Labute approximate surface area is 244 Å². The summed E-state index contributed by atoms with van der Waals surface area (Å²) in [4.78, 5) is 0. The average molecular weight is 532 g/mol. The van der Waals surface area contributed by atoms with E-state index in [0.29, 0.717) is 0 Å². The van der Waals surface area contributed by atoms with Gasteiger partial charge in [0, 0.05) is 0 Å². The van der Waals surface area contributed by atoms with E-state index in [4.69, 9.17) is 0 Å². The van der Waals surface area contributed by atoms with Crippen LogP contribution >= 0.6 is 0 Å². The molecule has 39 heavy (non-hydrogen) atoms. The first-order valence-electron chi connectivity index (χ1n) is 17.3. The molecule has 2 aromatic carbocycles. The quantitative estimate of drug-likeness (QED) is 0.112. The summed E-state index contributed by atoms with van der Waals surface area (Å²) < 4.78 is 0. The van der Waals surface area contributed by atoms with Gasteiger partial charge in [-0.1, -0.05) is 185 Å². The first-order valence-corrected chi connectivity index (χ1v) is 17.3. The maximum absolute atomic E-state index is 3.66. The van der Waals surface area contributed by atoms with Crippen molar-refractivity contribution in [1.29, 1.82) is 0 Å². The van der Waals surface area contributed by atoms with Crippen molar-refractivity contribution in [1.82, 2.24) is 0 Å². The smallest absolute Gasteiger partial charge is 0.0114 e. The number of hydrogen-bond donors (Lipinski definition) is 0. The third kappa shape index (κ3) is 16.3. The van der Waals surface area contributed by atoms with E-state index in [2.05, 4.69) is 69.3 Å². The summed E-state index contributed by atoms with van der Waals surface area (Å²) in [7, 11) is 0. The van der Waals surface area contributed by atoms with Crippen molar-refractivity contribution in [2.75, 3.05) is 0 Å². The molecule has 1 radical (unpaired) electrons. The molecule has 0 aliphatic rings. The Kier molecular flexibility index (Phi) is 20.0. The normalized spacial score (nSPS) is 11.5.